The summed E-state index contributed by atoms with van der Waals surface area (Å²) < 4.78 is 8.50. The van der Waals surface area contributed by atoms with Crippen LogP contribution in [0.5, 0.6) is 0 Å². The number of carbonyl (C=O) groups is 1. The Labute approximate surface area is 93.7 Å². The van der Waals surface area contributed by atoms with Gasteiger partial charge in [-0.05, 0) is 6.42 Å². The summed E-state index contributed by atoms with van der Waals surface area (Å²) in [5, 5.41) is 0. The highest BCUT2D eigenvalue weighted by Crippen LogP contribution is 1.93. The summed E-state index contributed by atoms with van der Waals surface area (Å²) >= 11 is 5.38. The predicted octanol–water partition coefficient (Wildman–Crippen LogP) is 2.76. The summed E-state index contributed by atoms with van der Waals surface area (Å²) in [7, 11) is 6.50. The lowest BCUT2D eigenvalue weighted by Gasteiger charge is -1.84. The zero-order valence-electron chi connectivity index (χ0n) is 10.1. The number of carbonyl (C=O) groups excluding carboxylic acids is 1. The fourth-order valence-corrected chi connectivity index (χ4v) is 0.533. The van der Waals surface area contributed by atoms with Crippen molar-refractivity contribution in [1.82, 2.24) is 0 Å². The molecule has 90 valence electrons. The van der Waals surface area contributed by atoms with Gasteiger partial charge in [-0.1, -0.05) is 19.8 Å². The molecule has 0 heterocycles. The molecule has 0 amide bonds. The topological polar surface area (TPSA) is 35.5 Å². The van der Waals surface area contributed by atoms with Gasteiger partial charge in [0.1, 0.15) is 6.79 Å². The van der Waals surface area contributed by atoms with Gasteiger partial charge in [0.25, 0.3) is 0 Å². The average Bonchev–Trinajstić information content (AvgIpc) is 2.20. The molecule has 0 bridgehead atoms. The number of hydrogen-bond donors (Lipinski definition) is 0. The van der Waals surface area contributed by atoms with Gasteiger partial charge < -0.3 is 14.3 Å². The monoisotopic (exact) mass is 228 g/mol. The van der Waals surface area contributed by atoms with Crippen LogP contribution < -0.4 is 0 Å². The molecular weight excluding hydrogens is 204 g/mol. The Bertz CT molecular complexity index is 48.6. The highest BCUT2D eigenvalue weighted by molar-refractivity contribution is 6.17. The molecule has 0 saturated heterocycles. The van der Waals surface area contributed by atoms with Crippen molar-refractivity contribution in [2.75, 3.05) is 34.3 Å². The lowest BCUT2D eigenvalue weighted by atomic mass is 10.3. The Hall–Kier alpha value is -0.120. The minimum Gasteiger partial charge on any atom is -0.388 e. The third-order valence-corrected chi connectivity index (χ3v) is 1.00. The second-order valence-electron chi connectivity index (χ2n) is 2.21. The highest BCUT2D eigenvalue weighted by atomic mass is 35.5. The molecule has 0 aliphatic carbocycles. The van der Waals surface area contributed by atoms with Crippen LogP contribution in [0.15, 0.2) is 0 Å². The van der Waals surface area contributed by atoms with Crippen LogP contribution >= 0.6 is 11.6 Å². The van der Waals surface area contributed by atoms with Gasteiger partial charge in [0.2, 0.25) is 0 Å². The third-order valence-electron chi connectivity index (χ3n) is 0.737. The maximum Gasteiger partial charge on any atom is 0.106 e. The number of methoxy groups -OCH3 is 2. The number of unbranched alkanes of at least 4 members (excludes halogenated alkanes) is 2. The molecule has 0 unspecified atom stereocenters. The lowest BCUT2D eigenvalue weighted by molar-refractivity contribution is -0.0979. The summed E-state index contributed by atoms with van der Waals surface area (Å²) in [4.78, 5) is 8.00. The van der Waals surface area contributed by atoms with Crippen LogP contribution in [0, 0.1) is 0 Å². The number of halogens is 1. The largest absolute Gasteiger partial charge is 0.388 e. The maximum absolute atomic E-state index is 8.00. The third kappa shape index (κ3) is 170. The van der Waals surface area contributed by atoms with Gasteiger partial charge in [-0.25, -0.2) is 0 Å². The van der Waals surface area contributed by atoms with Crippen LogP contribution in [0.1, 0.15) is 26.2 Å². The van der Waals surface area contributed by atoms with Gasteiger partial charge >= 0.3 is 0 Å². The van der Waals surface area contributed by atoms with E-state index in [2.05, 4.69) is 16.4 Å². The molecule has 0 aromatic rings. The zero-order chi connectivity index (χ0) is 12.2. The van der Waals surface area contributed by atoms with E-state index in [4.69, 9.17) is 16.4 Å². The van der Waals surface area contributed by atoms with E-state index in [-0.39, 0.29) is 0 Å². The average molecular weight is 229 g/mol. The normalized spacial score (nSPS) is 6.71. The van der Waals surface area contributed by atoms with Crippen molar-refractivity contribution in [3.8, 4) is 0 Å². The summed E-state index contributed by atoms with van der Waals surface area (Å²) in [6.45, 7) is 4.17. The first kappa shape index (κ1) is 23.6. The van der Waals surface area contributed by atoms with Gasteiger partial charge in [-0.15, -0.1) is 11.6 Å². The van der Waals surface area contributed by atoms with Crippen molar-refractivity contribution in [1.29, 1.82) is 0 Å². The maximum atomic E-state index is 8.00. The zero-order valence-corrected chi connectivity index (χ0v) is 10.9. The Balaban J connectivity index is -0.0000000536. The number of ether oxygens (including phenoxy) is 2. The molecule has 0 aliphatic heterocycles. The Morgan fingerprint density at radius 2 is 1.29 bits per heavy atom. The van der Waals surface area contributed by atoms with E-state index in [9.17, 15) is 0 Å². The molecule has 4 heteroatoms. The van der Waals surface area contributed by atoms with Crippen molar-refractivity contribution in [2.24, 2.45) is 0 Å². The fraction of sp³-hybridized carbons (Fsp3) is 0.900. The Kier molecular flexibility index (Phi) is 88.6. The number of alkyl halides is 1. The molecule has 0 spiro atoms. The molecule has 0 aromatic carbocycles. The van der Waals surface area contributed by atoms with Crippen LogP contribution in [0.2, 0.25) is 0 Å². The van der Waals surface area contributed by atoms with E-state index < -0.39 is 0 Å². The van der Waals surface area contributed by atoms with E-state index >= 15 is 0 Å². The second-order valence-corrected chi connectivity index (χ2v) is 2.59. The summed E-state index contributed by atoms with van der Waals surface area (Å²) in [6.07, 6.45) is 3.73. The molecular formula is C10H25ClO3. The number of hydrogen-bond acceptors (Lipinski definition) is 3. The van der Waals surface area contributed by atoms with Crippen LogP contribution in [-0.4, -0.2) is 41.1 Å². The summed E-state index contributed by atoms with van der Waals surface area (Å²) in [6, 6.07) is 0. The first-order valence-electron chi connectivity index (χ1n) is 4.40. The predicted molar refractivity (Wildman–Crippen MR) is 63.2 cm³/mol. The van der Waals surface area contributed by atoms with Crippen molar-refractivity contribution in [3.63, 3.8) is 0 Å². The minimum atomic E-state index is 0.827. The smallest absolute Gasteiger partial charge is 0.106 e. The van der Waals surface area contributed by atoms with Crippen molar-refractivity contribution in [3.05, 3.63) is 0 Å². The van der Waals surface area contributed by atoms with E-state index in [0.29, 0.717) is 0 Å². The lowest BCUT2D eigenvalue weighted by Crippen LogP contribution is -1.70. The van der Waals surface area contributed by atoms with Crippen molar-refractivity contribution in [2.45, 2.75) is 26.2 Å². The quantitative estimate of drug-likeness (QED) is 0.551. The molecule has 14 heavy (non-hydrogen) atoms. The SMILES string of the molecule is C=O.CCCCCCl.COC.COC. The van der Waals surface area contributed by atoms with Crippen LogP contribution in [0.25, 0.3) is 0 Å². The van der Waals surface area contributed by atoms with E-state index in [1.54, 1.807) is 28.4 Å². The van der Waals surface area contributed by atoms with Gasteiger partial charge in [0.05, 0.1) is 0 Å². The molecule has 0 N–H and O–H groups in total. The van der Waals surface area contributed by atoms with E-state index in [0.717, 1.165) is 5.88 Å². The van der Waals surface area contributed by atoms with E-state index in [1.165, 1.54) is 19.3 Å². The minimum absolute atomic E-state index is 0.827. The first-order valence-corrected chi connectivity index (χ1v) is 4.93. The second kappa shape index (κ2) is 52.6. The molecule has 0 aliphatic rings. The molecule has 0 atom stereocenters. The van der Waals surface area contributed by atoms with Crippen molar-refractivity contribution < 1.29 is 14.3 Å². The first-order chi connectivity index (χ1) is 6.74. The molecule has 0 aromatic heterocycles. The molecule has 0 radical (unpaired) electrons. The van der Waals surface area contributed by atoms with Gasteiger partial charge in [-0.2, -0.15) is 0 Å². The highest BCUT2D eigenvalue weighted by Gasteiger charge is 1.76. The van der Waals surface area contributed by atoms with E-state index in [1.807, 2.05) is 6.79 Å². The van der Waals surface area contributed by atoms with Gasteiger partial charge in [0.15, 0.2) is 0 Å². The van der Waals surface area contributed by atoms with Gasteiger partial charge in [-0.3, -0.25) is 0 Å². The number of rotatable bonds is 3. The Morgan fingerprint density at radius 1 is 1.00 bits per heavy atom. The molecule has 0 fully saturated rings. The van der Waals surface area contributed by atoms with Crippen LogP contribution in [0.3, 0.4) is 0 Å². The van der Waals surface area contributed by atoms with Crippen LogP contribution in [0.4, 0.5) is 0 Å². The Morgan fingerprint density at radius 3 is 1.36 bits per heavy atom. The summed E-state index contributed by atoms with van der Waals surface area (Å²) in [5.74, 6) is 0.827. The fourth-order valence-electron chi connectivity index (χ4n) is 0.344. The molecule has 0 rings (SSSR count). The van der Waals surface area contributed by atoms with Crippen molar-refractivity contribution >= 4 is 18.4 Å². The van der Waals surface area contributed by atoms with Gasteiger partial charge in [0, 0.05) is 34.3 Å². The summed E-state index contributed by atoms with van der Waals surface area (Å²) in [5.41, 5.74) is 0. The van der Waals surface area contributed by atoms with Crippen LogP contribution in [-0.2, 0) is 14.3 Å². The standard InChI is InChI=1S/C5H11Cl.2C2H6O.CH2O/c1-2-3-4-5-6;2*1-3-2;1-2/h2-5H2,1H3;2*1-2H3;1H2. The molecule has 0 saturated carbocycles. The molecule has 3 nitrogen and oxygen atoms in total.